The molecule has 0 unspecified atom stereocenters. The number of Topliss-reactive ketones (excluding diaryl/α,β-unsaturated/α-hetero) is 1. The minimum atomic E-state index is -0.884. The Morgan fingerprint density at radius 2 is 1.62 bits per heavy atom. The summed E-state index contributed by atoms with van der Waals surface area (Å²) in [6, 6.07) is 12.7. The van der Waals surface area contributed by atoms with Crippen molar-refractivity contribution in [3.8, 4) is 11.5 Å². The van der Waals surface area contributed by atoms with Gasteiger partial charge in [-0.25, -0.2) is 4.79 Å². The summed E-state index contributed by atoms with van der Waals surface area (Å²) < 4.78 is 15.7. The molecule has 0 saturated carbocycles. The van der Waals surface area contributed by atoms with E-state index in [2.05, 4.69) is 20.8 Å². The Bertz CT molecular complexity index is 888. The van der Waals surface area contributed by atoms with E-state index >= 15 is 0 Å². The van der Waals surface area contributed by atoms with Crippen LogP contribution in [0.4, 0.5) is 0 Å². The monoisotopic (exact) mass is 396 g/mol. The molecule has 1 atom stereocenters. The van der Waals surface area contributed by atoms with E-state index in [0.717, 1.165) is 5.56 Å². The second kappa shape index (κ2) is 9.41. The summed E-state index contributed by atoms with van der Waals surface area (Å²) in [6.07, 6.45) is 1.97. The Balaban J connectivity index is 2.03. The molecule has 0 aliphatic heterocycles. The van der Waals surface area contributed by atoms with Crippen LogP contribution in [0.1, 0.15) is 49.2 Å². The highest BCUT2D eigenvalue weighted by atomic mass is 16.5. The summed E-state index contributed by atoms with van der Waals surface area (Å²) in [5.74, 6) is 0.374. The van der Waals surface area contributed by atoms with Crippen LogP contribution in [0, 0.1) is 0 Å². The second-order valence-corrected chi connectivity index (χ2v) is 7.71. The van der Waals surface area contributed by atoms with Gasteiger partial charge in [0.25, 0.3) is 0 Å². The van der Waals surface area contributed by atoms with Crippen LogP contribution in [-0.4, -0.2) is 32.1 Å². The third-order valence-electron chi connectivity index (χ3n) is 4.54. The van der Waals surface area contributed by atoms with Gasteiger partial charge in [0.15, 0.2) is 6.10 Å². The fraction of sp³-hybridized carbons (Fsp3) is 0.333. The number of methoxy groups -OCH3 is 2. The molecule has 2 aromatic rings. The van der Waals surface area contributed by atoms with Crippen LogP contribution in [-0.2, 0) is 14.9 Å². The smallest absolute Gasteiger partial charge is 0.331 e. The van der Waals surface area contributed by atoms with Crippen molar-refractivity contribution in [3.05, 3.63) is 65.2 Å². The number of ether oxygens (including phenoxy) is 3. The quantitative estimate of drug-likeness (QED) is 0.381. The maximum absolute atomic E-state index is 12.6. The van der Waals surface area contributed by atoms with Crippen molar-refractivity contribution in [1.29, 1.82) is 0 Å². The summed E-state index contributed by atoms with van der Waals surface area (Å²) in [6.45, 7) is 7.90. The summed E-state index contributed by atoms with van der Waals surface area (Å²) >= 11 is 0. The summed E-state index contributed by atoms with van der Waals surface area (Å²) in [5, 5.41) is 0. The van der Waals surface area contributed by atoms with E-state index in [-0.39, 0.29) is 11.2 Å². The molecule has 0 aliphatic rings. The maximum atomic E-state index is 12.6. The molecule has 29 heavy (non-hydrogen) atoms. The molecule has 0 N–H and O–H groups in total. The van der Waals surface area contributed by atoms with Crippen molar-refractivity contribution >= 4 is 17.8 Å². The molecule has 0 saturated heterocycles. The van der Waals surface area contributed by atoms with Gasteiger partial charge in [-0.3, -0.25) is 4.79 Å². The Morgan fingerprint density at radius 1 is 0.966 bits per heavy atom. The van der Waals surface area contributed by atoms with Crippen molar-refractivity contribution < 1.29 is 23.8 Å². The number of hydrogen-bond donors (Lipinski definition) is 0. The van der Waals surface area contributed by atoms with Crippen LogP contribution in [0.2, 0.25) is 0 Å². The van der Waals surface area contributed by atoms with Crippen LogP contribution in [0.5, 0.6) is 11.5 Å². The molecular formula is C24H28O5. The molecule has 0 amide bonds. The number of esters is 1. The average Bonchev–Trinajstić information content (AvgIpc) is 2.70. The predicted molar refractivity (Wildman–Crippen MR) is 114 cm³/mol. The highest BCUT2D eigenvalue weighted by Gasteiger charge is 2.20. The number of rotatable bonds is 7. The summed E-state index contributed by atoms with van der Waals surface area (Å²) in [4.78, 5) is 24.7. The van der Waals surface area contributed by atoms with E-state index in [1.165, 1.54) is 13.2 Å². The number of benzene rings is 2. The lowest BCUT2D eigenvalue weighted by atomic mass is 9.86. The first kappa shape index (κ1) is 22.2. The molecular weight excluding hydrogens is 368 g/mol. The number of carbonyl (C=O) groups is 2. The standard InChI is InChI=1S/C24H28O5/c1-16(23(26)18-7-11-19(12-8-18)24(2,3)4)29-22(25)14-10-17-9-13-20(27-5)15-21(17)28-6/h7-16H,1-6H3/b14-10+/t16-/m1/s1. The Kier molecular flexibility index (Phi) is 7.21. The third-order valence-corrected chi connectivity index (χ3v) is 4.54. The van der Waals surface area contributed by atoms with Crippen molar-refractivity contribution in [2.45, 2.75) is 39.2 Å². The normalized spacial score (nSPS) is 12.5. The molecule has 154 valence electrons. The Hall–Kier alpha value is -3.08. The molecule has 0 radical (unpaired) electrons. The largest absolute Gasteiger partial charge is 0.497 e. The van der Waals surface area contributed by atoms with Crippen LogP contribution in [0.3, 0.4) is 0 Å². The first-order valence-electron chi connectivity index (χ1n) is 9.41. The number of ketones is 1. The minimum absolute atomic E-state index is 0.00691. The topological polar surface area (TPSA) is 61.8 Å². The van der Waals surface area contributed by atoms with Gasteiger partial charge < -0.3 is 14.2 Å². The second-order valence-electron chi connectivity index (χ2n) is 7.71. The van der Waals surface area contributed by atoms with Crippen molar-refractivity contribution in [3.63, 3.8) is 0 Å². The van der Waals surface area contributed by atoms with Gasteiger partial charge in [-0.1, -0.05) is 45.0 Å². The van der Waals surface area contributed by atoms with E-state index in [0.29, 0.717) is 22.6 Å². The average molecular weight is 396 g/mol. The Morgan fingerprint density at radius 3 is 2.17 bits per heavy atom. The molecule has 0 aromatic heterocycles. The molecule has 0 bridgehead atoms. The van der Waals surface area contributed by atoms with Gasteiger partial charge in [0.05, 0.1) is 14.2 Å². The molecule has 0 spiro atoms. The predicted octanol–water partition coefficient (Wildman–Crippen LogP) is 4.83. The highest BCUT2D eigenvalue weighted by molar-refractivity contribution is 6.01. The fourth-order valence-corrected chi connectivity index (χ4v) is 2.75. The first-order chi connectivity index (χ1) is 13.7. The van der Waals surface area contributed by atoms with Crippen molar-refractivity contribution in [1.82, 2.24) is 0 Å². The van der Waals surface area contributed by atoms with Gasteiger partial charge in [-0.15, -0.1) is 0 Å². The highest BCUT2D eigenvalue weighted by Crippen LogP contribution is 2.26. The number of carbonyl (C=O) groups excluding carboxylic acids is 2. The molecule has 2 rings (SSSR count). The van der Waals surface area contributed by atoms with E-state index < -0.39 is 12.1 Å². The van der Waals surface area contributed by atoms with E-state index in [4.69, 9.17) is 14.2 Å². The summed E-state index contributed by atoms with van der Waals surface area (Å²) in [5.41, 5.74) is 2.35. The van der Waals surface area contributed by atoms with E-state index in [9.17, 15) is 9.59 Å². The minimum Gasteiger partial charge on any atom is -0.497 e. The maximum Gasteiger partial charge on any atom is 0.331 e. The van der Waals surface area contributed by atoms with Gasteiger partial charge >= 0.3 is 5.97 Å². The van der Waals surface area contributed by atoms with Crippen LogP contribution in [0.15, 0.2) is 48.5 Å². The zero-order chi connectivity index (χ0) is 21.6. The van der Waals surface area contributed by atoms with E-state index in [1.54, 1.807) is 50.4 Å². The van der Waals surface area contributed by atoms with Gasteiger partial charge in [-0.05, 0) is 36.1 Å². The third kappa shape index (κ3) is 5.95. The molecule has 0 fully saturated rings. The zero-order valence-electron chi connectivity index (χ0n) is 17.8. The van der Waals surface area contributed by atoms with Gasteiger partial charge in [0, 0.05) is 23.3 Å². The van der Waals surface area contributed by atoms with Crippen LogP contribution >= 0.6 is 0 Å². The first-order valence-corrected chi connectivity index (χ1v) is 9.41. The number of hydrogen-bond acceptors (Lipinski definition) is 5. The van der Waals surface area contributed by atoms with Crippen molar-refractivity contribution in [2.75, 3.05) is 14.2 Å². The molecule has 5 nitrogen and oxygen atoms in total. The molecule has 2 aromatic carbocycles. The van der Waals surface area contributed by atoms with Gasteiger partial charge in [0.1, 0.15) is 11.5 Å². The fourth-order valence-electron chi connectivity index (χ4n) is 2.75. The molecule has 0 heterocycles. The molecule has 5 heteroatoms. The van der Waals surface area contributed by atoms with E-state index in [1.807, 2.05) is 12.1 Å². The lowest BCUT2D eigenvalue weighted by molar-refractivity contribution is -0.140. The Labute approximate surface area is 172 Å². The zero-order valence-corrected chi connectivity index (χ0v) is 17.8. The van der Waals surface area contributed by atoms with Gasteiger partial charge in [0.2, 0.25) is 5.78 Å². The van der Waals surface area contributed by atoms with Gasteiger partial charge in [-0.2, -0.15) is 0 Å². The SMILES string of the molecule is COc1ccc(/C=C/C(=O)O[C@H](C)C(=O)c2ccc(C(C)(C)C)cc2)c(OC)c1. The van der Waals surface area contributed by atoms with Crippen molar-refractivity contribution in [2.24, 2.45) is 0 Å². The lowest BCUT2D eigenvalue weighted by Gasteiger charge is -2.19. The van der Waals surface area contributed by atoms with Crippen LogP contribution < -0.4 is 9.47 Å². The van der Waals surface area contributed by atoms with Crippen LogP contribution in [0.25, 0.3) is 6.08 Å². The lowest BCUT2D eigenvalue weighted by Crippen LogP contribution is -2.23. The molecule has 0 aliphatic carbocycles. The summed E-state index contributed by atoms with van der Waals surface area (Å²) in [7, 11) is 3.10.